The second kappa shape index (κ2) is 4.24. The van der Waals surface area contributed by atoms with E-state index in [0.717, 1.165) is 5.39 Å². The van der Waals surface area contributed by atoms with E-state index in [1.807, 2.05) is 18.2 Å². The van der Waals surface area contributed by atoms with E-state index in [9.17, 15) is 9.90 Å². The second-order valence-corrected chi connectivity index (χ2v) is 4.40. The molecule has 0 spiro atoms. The van der Waals surface area contributed by atoms with Crippen molar-refractivity contribution in [1.82, 2.24) is 9.55 Å². The summed E-state index contributed by atoms with van der Waals surface area (Å²) in [4.78, 5) is 16.6. The molecule has 0 radical (unpaired) electrons. The number of aromatic hydroxyl groups is 1. The molecule has 2 aromatic heterocycles. The number of benzene rings is 1. The minimum Gasteiger partial charge on any atom is -0.508 e. The number of fused-ring (bicyclic) bond motifs is 1. The van der Waals surface area contributed by atoms with Gasteiger partial charge in [-0.1, -0.05) is 0 Å². The fourth-order valence-electron chi connectivity index (χ4n) is 2.12. The number of aryl methyl sites for hydroxylation is 1. The van der Waals surface area contributed by atoms with Crippen molar-refractivity contribution in [2.24, 2.45) is 0 Å². The smallest absolute Gasteiger partial charge is 0.259 e. The molecule has 0 amide bonds. The van der Waals surface area contributed by atoms with Crippen LogP contribution in [0.25, 0.3) is 16.7 Å². The van der Waals surface area contributed by atoms with Crippen LogP contribution in [0.2, 0.25) is 0 Å². The maximum Gasteiger partial charge on any atom is 0.259 e. The van der Waals surface area contributed by atoms with Crippen LogP contribution in [0.4, 0.5) is 0 Å². The number of hydrogen-bond donors (Lipinski definition) is 1. The summed E-state index contributed by atoms with van der Waals surface area (Å²) in [5.41, 5.74) is 1.87. The van der Waals surface area contributed by atoms with Crippen LogP contribution in [0.15, 0.2) is 53.5 Å². The zero-order valence-electron chi connectivity index (χ0n) is 10.4. The summed E-state index contributed by atoms with van der Waals surface area (Å²) in [6, 6.07) is 12.1. The molecular formula is C15H12N2O2. The highest BCUT2D eigenvalue weighted by molar-refractivity contribution is 5.77. The molecule has 0 unspecified atom stereocenters. The third-order valence-corrected chi connectivity index (χ3v) is 3.05. The topological polar surface area (TPSA) is 55.1 Å². The third-order valence-electron chi connectivity index (χ3n) is 3.05. The van der Waals surface area contributed by atoms with E-state index in [1.165, 1.54) is 0 Å². The van der Waals surface area contributed by atoms with Crippen LogP contribution in [-0.2, 0) is 0 Å². The first kappa shape index (κ1) is 11.5. The van der Waals surface area contributed by atoms with Crippen LogP contribution in [0.1, 0.15) is 5.56 Å². The Hall–Kier alpha value is -2.62. The Balaban J connectivity index is 2.42. The summed E-state index contributed by atoms with van der Waals surface area (Å²) in [5, 5.41) is 10.2. The van der Waals surface area contributed by atoms with Gasteiger partial charge in [0.1, 0.15) is 11.4 Å². The highest BCUT2D eigenvalue weighted by atomic mass is 16.3. The molecule has 3 aromatic rings. The minimum atomic E-state index is -0.100. The van der Waals surface area contributed by atoms with E-state index >= 15 is 0 Å². The Labute approximate surface area is 109 Å². The molecule has 0 atom stereocenters. The zero-order chi connectivity index (χ0) is 13.4. The number of phenols is 1. The van der Waals surface area contributed by atoms with Gasteiger partial charge in [0.2, 0.25) is 0 Å². The summed E-state index contributed by atoms with van der Waals surface area (Å²) >= 11 is 0. The summed E-state index contributed by atoms with van der Waals surface area (Å²) < 4.78 is 1.56. The fourth-order valence-corrected chi connectivity index (χ4v) is 2.12. The molecule has 0 aliphatic rings. The lowest BCUT2D eigenvalue weighted by atomic mass is 10.2. The molecular weight excluding hydrogens is 240 g/mol. The third kappa shape index (κ3) is 1.87. The highest BCUT2D eigenvalue weighted by Crippen LogP contribution is 2.17. The van der Waals surface area contributed by atoms with Gasteiger partial charge in [-0.2, -0.15) is 0 Å². The van der Waals surface area contributed by atoms with E-state index in [2.05, 4.69) is 4.98 Å². The average Bonchev–Trinajstić information content (AvgIpc) is 2.42. The molecule has 94 valence electrons. The molecule has 19 heavy (non-hydrogen) atoms. The van der Waals surface area contributed by atoms with Crippen LogP contribution in [0, 0.1) is 6.92 Å². The highest BCUT2D eigenvalue weighted by Gasteiger charge is 2.09. The summed E-state index contributed by atoms with van der Waals surface area (Å²) in [6.45, 7) is 1.78. The molecule has 1 N–H and O–H groups in total. The minimum absolute atomic E-state index is 0.100. The molecule has 2 heterocycles. The lowest BCUT2D eigenvalue weighted by Crippen LogP contribution is -2.21. The molecule has 0 bridgehead atoms. The summed E-state index contributed by atoms with van der Waals surface area (Å²) in [7, 11) is 0. The lowest BCUT2D eigenvalue weighted by Gasteiger charge is -2.10. The number of hydrogen-bond acceptors (Lipinski definition) is 3. The molecule has 0 saturated carbocycles. The van der Waals surface area contributed by atoms with Crippen LogP contribution < -0.4 is 5.56 Å². The van der Waals surface area contributed by atoms with E-state index in [4.69, 9.17) is 0 Å². The maximum atomic E-state index is 12.3. The number of aromatic nitrogens is 2. The molecule has 4 heteroatoms. The summed E-state index contributed by atoms with van der Waals surface area (Å²) in [5.74, 6) is 0.168. The van der Waals surface area contributed by atoms with E-state index in [1.54, 1.807) is 42.0 Å². The quantitative estimate of drug-likeness (QED) is 0.723. The molecule has 0 saturated heterocycles. The van der Waals surface area contributed by atoms with Crippen molar-refractivity contribution in [2.45, 2.75) is 6.92 Å². The molecule has 3 rings (SSSR count). The van der Waals surface area contributed by atoms with Crippen molar-refractivity contribution in [3.05, 3.63) is 64.6 Å². The van der Waals surface area contributed by atoms with Crippen molar-refractivity contribution in [1.29, 1.82) is 0 Å². The first-order valence-electron chi connectivity index (χ1n) is 5.93. The Morgan fingerprint density at radius 3 is 2.63 bits per heavy atom. The first-order chi connectivity index (χ1) is 9.16. The van der Waals surface area contributed by atoms with Crippen LogP contribution >= 0.6 is 0 Å². The van der Waals surface area contributed by atoms with Crippen molar-refractivity contribution in [3.8, 4) is 11.4 Å². The van der Waals surface area contributed by atoms with Gasteiger partial charge in [-0.15, -0.1) is 0 Å². The largest absolute Gasteiger partial charge is 0.508 e. The number of rotatable bonds is 1. The second-order valence-electron chi connectivity index (χ2n) is 4.40. The normalized spacial score (nSPS) is 10.8. The Bertz CT molecular complexity index is 804. The maximum absolute atomic E-state index is 12.3. The van der Waals surface area contributed by atoms with Gasteiger partial charge in [0, 0.05) is 17.1 Å². The van der Waals surface area contributed by atoms with Gasteiger partial charge in [-0.25, -0.2) is 4.98 Å². The Morgan fingerprint density at radius 2 is 1.89 bits per heavy atom. The molecule has 0 aliphatic heterocycles. The lowest BCUT2D eigenvalue weighted by molar-refractivity contribution is 0.475. The number of nitrogens with zero attached hydrogens (tertiary/aromatic N) is 2. The van der Waals surface area contributed by atoms with Gasteiger partial charge in [-0.05, 0) is 49.4 Å². The van der Waals surface area contributed by atoms with Gasteiger partial charge >= 0.3 is 0 Å². The molecule has 1 aromatic carbocycles. The van der Waals surface area contributed by atoms with E-state index in [-0.39, 0.29) is 11.3 Å². The van der Waals surface area contributed by atoms with Crippen molar-refractivity contribution in [3.63, 3.8) is 0 Å². The van der Waals surface area contributed by atoms with Crippen LogP contribution in [0.3, 0.4) is 0 Å². The van der Waals surface area contributed by atoms with Crippen molar-refractivity contribution < 1.29 is 5.11 Å². The predicted molar refractivity (Wildman–Crippen MR) is 73.7 cm³/mol. The first-order valence-corrected chi connectivity index (χ1v) is 5.93. The molecule has 0 fully saturated rings. The molecule has 0 aliphatic carbocycles. The van der Waals surface area contributed by atoms with Crippen molar-refractivity contribution in [2.75, 3.05) is 0 Å². The number of phenolic OH excluding ortho intramolecular Hbond substituents is 1. The predicted octanol–water partition coefficient (Wildman–Crippen LogP) is 2.40. The van der Waals surface area contributed by atoms with Gasteiger partial charge in [0.25, 0.3) is 5.56 Å². The van der Waals surface area contributed by atoms with E-state index < -0.39 is 0 Å². The van der Waals surface area contributed by atoms with Gasteiger partial charge < -0.3 is 5.11 Å². The van der Waals surface area contributed by atoms with Gasteiger partial charge in [0.15, 0.2) is 0 Å². The fraction of sp³-hybridized carbons (Fsp3) is 0.0667. The Morgan fingerprint density at radius 1 is 1.16 bits per heavy atom. The monoisotopic (exact) mass is 252 g/mol. The van der Waals surface area contributed by atoms with Gasteiger partial charge in [0.05, 0.1) is 5.69 Å². The summed E-state index contributed by atoms with van der Waals surface area (Å²) in [6.07, 6.45) is 1.66. The van der Waals surface area contributed by atoms with Crippen LogP contribution in [0.5, 0.6) is 5.75 Å². The number of pyridine rings is 2. The standard InChI is InChI=1S/C15H12N2O2/c1-10-9-11-3-2-8-16-14(11)17(15(10)19)12-4-6-13(18)7-5-12/h2-9,18H,1H3. The molecule has 4 nitrogen and oxygen atoms in total. The Kier molecular flexibility index (Phi) is 2.56. The van der Waals surface area contributed by atoms with Gasteiger partial charge in [-0.3, -0.25) is 9.36 Å². The van der Waals surface area contributed by atoms with E-state index in [0.29, 0.717) is 16.9 Å². The average molecular weight is 252 g/mol. The van der Waals surface area contributed by atoms with Crippen LogP contribution in [-0.4, -0.2) is 14.7 Å². The SMILES string of the molecule is Cc1cc2cccnc2n(-c2ccc(O)cc2)c1=O. The van der Waals surface area contributed by atoms with Crippen molar-refractivity contribution >= 4 is 11.0 Å². The zero-order valence-corrected chi connectivity index (χ0v) is 10.4.